The number of rotatable bonds is 4. The number of benzene rings is 1. The fourth-order valence-corrected chi connectivity index (χ4v) is 3.55. The Balaban J connectivity index is 1.68. The number of nitriles is 1. The van der Waals surface area contributed by atoms with Crippen LogP contribution in [0.4, 0.5) is 5.95 Å². The van der Waals surface area contributed by atoms with E-state index in [0.29, 0.717) is 42.7 Å². The highest BCUT2D eigenvalue weighted by Crippen LogP contribution is 2.32. The van der Waals surface area contributed by atoms with Crippen molar-refractivity contribution in [2.24, 2.45) is 7.05 Å². The summed E-state index contributed by atoms with van der Waals surface area (Å²) in [5.41, 5.74) is 2.69. The van der Waals surface area contributed by atoms with E-state index in [1.54, 1.807) is 43.3 Å². The summed E-state index contributed by atoms with van der Waals surface area (Å²) in [4.78, 5) is 23.4. The van der Waals surface area contributed by atoms with Crippen LogP contribution in [0.25, 0.3) is 11.3 Å². The van der Waals surface area contributed by atoms with Crippen LogP contribution in [0.2, 0.25) is 0 Å². The van der Waals surface area contributed by atoms with E-state index >= 15 is 0 Å². The molecule has 1 saturated heterocycles. The van der Waals surface area contributed by atoms with Crippen molar-refractivity contribution in [3.8, 4) is 23.1 Å². The SMILES string of the molecule is COc1cc(C#N)ccc1[C@H]1CN(c2nc(-c3ccncc3)cc(=O)n2C)CCO1. The highest BCUT2D eigenvalue weighted by Gasteiger charge is 2.27. The molecule has 30 heavy (non-hydrogen) atoms. The van der Waals surface area contributed by atoms with Gasteiger partial charge in [-0.3, -0.25) is 14.3 Å². The maximum Gasteiger partial charge on any atom is 0.255 e. The number of pyridine rings is 1. The molecule has 0 saturated carbocycles. The number of anilines is 1. The van der Waals surface area contributed by atoms with Crippen molar-refractivity contribution in [3.05, 3.63) is 70.3 Å². The zero-order valence-corrected chi connectivity index (χ0v) is 16.8. The molecular weight excluding hydrogens is 382 g/mol. The lowest BCUT2D eigenvalue weighted by Gasteiger charge is -2.35. The van der Waals surface area contributed by atoms with E-state index in [1.165, 1.54) is 6.07 Å². The summed E-state index contributed by atoms with van der Waals surface area (Å²) in [6, 6.07) is 12.6. The van der Waals surface area contributed by atoms with Crippen molar-refractivity contribution in [1.29, 1.82) is 5.26 Å². The van der Waals surface area contributed by atoms with Gasteiger partial charge in [-0.05, 0) is 24.3 Å². The first-order valence-electron chi connectivity index (χ1n) is 9.53. The molecule has 1 aliphatic heterocycles. The van der Waals surface area contributed by atoms with Gasteiger partial charge in [0.2, 0.25) is 5.95 Å². The minimum absolute atomic E-state index is 0.134. The molecule has 0 spiro atoms. The molecule has 1 fully saturated rings. The maximum absolute atomic E-state index is 12.6. The number of morpholine rings is 1. The Bertz CT molecular complexity index is 1150. The van der Waals surface area contributed by atoms with Crippen LogP contribution in [0.5, 0.6) is 5.75 Å². The summed E-state index contributed by atoms with van der Waals surface area (Å²) in [7, 11) is 3.29. The van der Waals surface area contributed by atoms with E-state index in [9.17, 15) is 4.79 Å². The molecule has 1 aliphatic rings. The van der Waals surface area contributed by atoms with Crippen molar-refractivity contribution in [2.75, 3.05) is 31.7 Å². The highest BCUT2D eigenvalue weighted by molar-refractivity contribution is 5.59. The average Bonchev–Trinajstić information content (AvgIpc) is 2.81. The van der Waals surface area contributed by atoms with Crippen LogP contribution in [0.1, 0.15) is 17.2 Å². The number of ether oxygens (including phenoxy) is 2. The number of hydrogen-bond acceptors (Lipinski definition) is 7. The van der Waals surface area contributed by atoms with Gasteiger partial charge < -0.3 is 14.4 Å². The van der Waals surface area contributed by atoms with E-state index in [0.717, 1.165) is 11.1 Å². The number of hydrogen-bond donors (Lipinski definition) is 0. The largest absolute Gasteiger partial charge is 0.496 e. The maximum atomic E-state index is 12.6. The highest BCUT2D eigenvalue weighted by atomic mass is 16.5. The monoisotopic (exact) mass is 403 g/mol. The molecule has 0 bridgehead atoms. The molecule has 2 aromatic heterocycles. The quantitative estimate of drug-likeness (QED) is 0.660. The lowest BCUT2D eigenvalue weighted by atomic mass is 10.0. The third kappa shape index (κ3) is 3.75. The minimum atomic E-state index is -0.275. The number of nitrogens with zero attached hydrogens (tertiary/aromatic N) is 5. The Hall–Kier alpha value is -3.70. The number of methoxy groups -OCH3 is 1. The molecule has 0 unspecified atom stereocenters. The van der Waals surface area contributed by atoms with Gasteiger partial charge in [-0.1, -0.05) is 6.07 Å². The molecule has 0 N–H and O–H groups in total. The summed E-state index contributed by atoms with van der Waals surface area (Å²) in [5, 5.41) is 9.14. The second kappa shape index (κ2) is 8.35. The van der Waals surface area contributed by atoms with Crippen molar-refractivity contribution >= 4 is 5.95 Å². The molecule has 0 aliphatic carbocycles. The van der Waals surface area contributed by atoms with E-state index in [-0.39, 0.29) is 11.7 Å². The standard InChI is InChI=1S/C22H21N5O3/c1-26-21(28)12-18(16-5-7-24-8-6-16)25-22(26)27-9-10-30-20(14-27)17-4-3-15(13-23)11-19(17)29-2/h3-8,11-12,20H,9-10,14H2,1-2H3/t20-/m1/s1. The van der Waals surface area contributed by atoms with Crippen molar-refractivity contribution in [3.63, 3.8) is 0 Å². The summed E-state index contributed by atoms with van der Waals surface area (Å²) in [6.07, 6.45) is 3.08. The minimum Gasteiger partial charge on any atom is -0.496 e. The van der Waals surface area contributed by atoms with Gasteiger partial charge >= 0.3 is 0 Å². The number of aromatic nitrogens is 3. The van der Waals surface area contributed by atoms with E-state index in [1.807, 2.05) is 23.1 Å². The van der Waals surface area contributed by atoms with E-state index in [2.05, 4.69) is 11.1 Å². The van der Waals surface area contributed by atoms with Gasteiger partial charge in [0.05, 0.1) is 37.6 Å². The van der Waals surface area contributed by atoms with Crippen molar-refractivity contribution < 1.29 is 9.47 Å². The normalized spacial score (nSPS) is 16.2. The summed E-state index contributed by atoms with van der Waals surface area (Å²) >= 11 is 0. The molecule has 1 aromatic carbocycles. The molecule has 3 heterocycles. The van der Waals surface area contributed by atoms with Crippen LogP contribution < -0.4 is 15.2 Å². The summed E-state index contributed by atoms with van der Waals surface area (Å²) < 4.78 is 13.0. The molecule has 1 atom stereocenters. The Morgan fingerprint density at radius 2 is 2.03 bits per heavy atom. The zero-order chi connectivity index (χ0) is 21.1. The van der Waals surface area contributed by atoms with Crippen LogP contribution >= 0.6 is 0 Å². The van der Waals surface area contributed by atoms with Crippen LogP contribution in [0, 0.1) is 11.3 Å². The van der Waals surface area contributed by atoms with Crippen molar-refractivity contribution in [1.82, 2.24) is 14.5 Å². The molecule has 152 valence electrons. The first-order valence-corrected chi connectivity index (χ1v) is 9.53. The molecule has 4 rings (SSSR count). The first kappa shape index (κ1) is 19.6. The van der Waals surface area contributed by atoms with Crippen LogP contribution in [-0.2, 0) is 11.8 Å². The Kier molecular flexibility index (Phi) is 5.46. The molecule has 3 aromatic rings. The van der Waals surface area contributed by atoms with Crippen LogP contribution in [0.3, 0.4) is 0 Å². The summed E-state index contributed by atoms with van der Waals surface area (Å²) in [5.74, 6) is 1.18. The summed E-state index contributed by atoms with van der Waals surface area (Å²) in [6.45, 7) is 1.58. The predicted octanol–water partition coefficient (Wildman–Crippen LogP) is 2.30. The predicted molar refractivity (Wildman–Crippen MR) is 111 cm³/mol. The van der Waals surface area contributed by atoms with Gasteiger partial charge in [0.1, 0.15) is 11.9 Å². The fraction of sp³-hybridized carbons (Fsp3) is 0.273. The van der Waals surface area contributed by atoms with E-state index < -0.39 is 0 Å². The van der Waals surface area contributed by atoms with Gasteiger partial charge in [0, 0.05) is 43.2 Å². The Labute approximate surface area is 174 Å². The van der Waals surface area contributed by atoms with Crippen LogP contribution in [0.15, 0.2) is 53.6 Å². The third-order valence-electron chi connectivity index (χ3n) is 5.15. The lowest BCUT2D eigenvalue weighted by molar-refractivity contribution is 0.0374. The first-order chi connectivity index (χ1) is 14.6. The fourth-order valence-electron chi connectivity index (χ4n) is 3.55. The lowest BCUT2D eigenvalue weighted by Crippen LogP contribution is -2.41. The third-order valence-corrected chi connectivity index (χ3v) is 5.15. The molecular formula is C22H21N5O3. The molecule has 8 nitrogen and oxygen atoms in total. The van der Waals surface area contributed by atoms with Gasteiger partial charge in [0.15, 0.2) is 0 Å². The molecule has 0 amide bonds. The van der Waals surface area contributed by atoms with Gasteiger partial charge in [-0.15, -0.1) is 0 Å². The van der Waals surface area contributed by atoms with Gasteiger partial charge in [0.25, 0.3) is 5.56 Å². The zero-order valence-electron chi connectivity index (χ0n) is 16.8. The van der Waals surface area contributed by atoms with Crippen LogP contribution in [-0.4, -0.2) is 41.3 Å². The van der Waals surface area contributed by atoms with Gasteiger partial charge in [-0.25, -0.2) is 4.98 Å². The second-order valence-electron chi connectivity index (χ2n) is 6.95. The Morgan fingerprint density at radius 3 is 2.77 bits per heavy atom. The van der Waals surface area contributed by atoms with E-state index in [4.69, 9.17) is 19.7 Å². The second-order valence-corrected chi connectivity index (χ2v) is 6.95. The molecule has 8 heteroatoms. The average molecular weight is 403 g/mol. The Morgan fingerprint density at radius 1 is 1.23 bits per heavy atom. The smallest absolute Gasteiger partial charge is 0.255 e. The van der Waals surface area contributed by atoms with Gasteiger partial charge in [-0.2, -0.15) is 5.26 Å². The van der Waals surface area contributed by atoms with Crippen molar-refractivity contribution in [2.45, 2.75) is 6.10 Å². The topological polar surface area (TPSA) is 93.3 Å². The molecule has 0 radical (unpaired) electrons.